The van der Waals surface area contributed by atoms with Crippen LogP contribution in [0.1, 0.15) is 12.5 Å². The molecule has 0 unspecified atom stereocenters. The summed E-state index contributed by atoms with van der Waals surface area (Å²) in [6.07, 6.45) is 0. The molecule has 0 fully saturated rings. The third-order valence-corrected chi connectivity index (χ3v) is 2.58. The van der Waals surface area contributed by atoms with Crippen LogP contribution in [0.4, 0.5) is 11.4 Å². The molecule has 0 aliphatic rings. The zero-order chi connectivity index (χ0) is 12.1. The molecule has 0 atom stereocenters. The lowest BCUT2D eigenvalue weighted by atomic mass is 10.1. The molecule has 0 saturated heterocycles. The van der Waals surface area contributed by atoms with Gasteiger partial charge in [-0.2, -0.15) is 0 Å². The Labute approximate surface area is 102 Å². The number of hydrogen-bond acceptors (Lipinski definition) is 2. The molecule has 0 aliphatic carbocycles. The maximum Gasteiger partial charge on any atom is 0.142 e. The van der Waals surface area contributed by atoms with Gasteiger partial charge in [0.15, 0.2) is 0 Å². The van der Waals surface area contributed by atoms with Crippen LogP contribution in [0.15, 0.2) is 48.5 Å². The predicted octanol–water partition coefficient (Wildman–Crippen LogP) is 4.14. The zero-order valence-corrected chi connectivity index (χ0v) is 10.2. The van der Waals surface area contributed by atoms with Crippen LogP contribution in [0, 0.1) is 6.92 Å². The number of hydrogen-bond donors (Lipinski definition) is 1. The van der Waals surface area contributed by atoms with E-state index in [-0.39, 0.29) is 0 Å². The molecule has 2 rings (SSSR count). The molecule has 0 aromatic heterocycles. The highest BCUT2D eigenvalue weighted by molar-refractivity contribution is 5.69. The predicted molar refractivity (Wildman–Crippen MR) is 72.1 cm³/mol. The van der Waals surface area contributed by atoms with Gasteiger partial charge in [0, 0.05) is 5.69 Å². The molecular weight excluding hydrogens is 210 g/mol. The van der Waals surface area contributed by atoms with Crippen LogP contribution in [0.5, 0.6) is 5.75 Å². The van der Waals surface area contributed by atoms with Gasteiger partial charge in [0.25, 0.3) is 0 Å². The molecule has 0 spiro atoms. The zero-order valence-electron chi connectivity index (χ0n) is 10.2. The lowest BCUT2D eigenvalue weighted by Crippen LogP contribution is -1.99. The summed E-state index contributed by atoms with van der Waals surface area (Å²) in [6.45, 7) is 4.75. The summed E-state index contributed by atoms with van der Waals surface area (Å²) >= 11 is 0. The highest BCUT2D eigenvalue weighted by Gasteiger charge is 2.06. The van der Waals surface area contributed by atoms with E-state index in [1.807, 2.05) is 49.4 Å². The van der Waals surface area contributed by atoms with E-state index in [9.17, 15) is 0 Å². The van der Waals surface area contributed by atoms with Gasteiger partial charge in [-0.1, -0.05) is 30.3 Å². The normalized spacial score (nSPS) is 10.0. The fourth-order valence-electron chi connectivity index (χ4n) is 1.74. The van der Waals surface area contributed by atoms with E-state index in [1.165, 1.54) is 5.56 Å². The van der Waals surface area contributed by atoms with E-state index in [1.54, 1.807) is 0 Å². The van der Waals surface area contributed by atoms with Crippen LogP contribution in [0.25, 0.3) is 0 Å². The van der Waals surface area contributed by atoms with Crippen molar-refractivity contribution in [3.8, 4) is 5.75 Å². The van der Waals surface area contributed by atoms with Crippen LogP contribution in [0.2, 0.25) is 0 Å². The quantitative estimate of drug-likeness (QED) is 0.847. The van der Waals surface area contributed by atoms with Crippen molar-refractivity contribution in [2.24, 2.45) is 0 Å². The third kappa shape index (κ3) is 2.78. The Morgan fingerprint density at radius 3 is 2.47 bits per heavy atom. The van der Waals surface area contributed by atoms with E-state index in [2.05, 4.69) is 18.3 Å². The molecular formula is C15H17NO. The topological polar surface area (TPSA) is 21.3 Å². The van der Waals surface area contributed by atoms with Gasteiger partial charge in [0.05, 0.1) is 12.3 Å². The molecule has 88 valence electrons. The van der Waals surface area contributed by atoms with Crippen molar-refractivity contribution < 1.29 is 4.74 Å². The average molecular weight is 227 g/mol. The van der Waals surface area contributed by atoms with Crippen molar-refractivity contribution in [3.05, 3.63) is 54.1 Å². The number of benzene rings is 2. The van der Waals surface area contributed by atoms with Gasteiger partial charge < -0.3 is 10.1 Å². The largest absolute Gasteiger partial charge is 0.492 e. The number of para-hydroxylation sites is 2. The van der Waals surface area contributed by atoms with Crippen LogP contribution in [-0.2, 0) is 0 Å². The summed E-state index contributed by atoms with van der Waals surface area (Å²) in [6, 6.07) is 16.2. The molecule has 0 bridgehead atoms. The van der Waals surface area contributed by atoms with Crippen LogP contribution in [0.3, 0.4) is 0 Å². The lowest BCUT2D eigenvalue weighted by molar-refractivity contribution is 0.342. The summed E-state index contributed by atoms with van der Waals surface area (Å²) in [5, 5.41) is 3.40. The molecule has 2 nitrogen and oxygen atoms in total. The number of rotatable bonds is 4. The molecule has 2 aromatic rings. The number of aryl methyl sites for hydroxylation is 1. The van der Waals surface area contributed by atoms with Gasteiger partial charge in [-0.15, -0.1) is 0 Å². The lowest BCUT2D eigenvalue weighted by Gasteiger charge is -2.14. The Morgan fingerprint density at radius 1 is 1.00 bits per heavy atom. The van der Waals surface area contributed by atoms with Crippen LogP contribution < -0.4 is 10.1 Å². The van der Waals surface area contributed by atoms with E-state index >= 15 is 0 Å². The monoisotopic (exact) mass is 227 g/mol. The fourth-order valence-corrected chi connectivity index (χ4v) is 1.74. The first kappa shape index (κ1) is 11.5. The second-order valence-corrected chi connectivity index (χ2v) is 3.87. The van der Waals surface area contributed by atoms with Crippen molar-refractivity contribution in [2.75, 3.05) is 11.9 Å². The summed E-state index contributed by atoms with van der Waals surface area (Å²) in [5.41, 5.74) is 3.29. The molecule has 0 aliphatic heterocycles. The van der Waals surface area contributed by atoms with E-state index in [4.69, 9.17) is 4.74 Å². The minimum atomic E-state index is 0.674. The van der Waals surface area contributed by atoms with Crippen molar-refractivity contribution in [3.63, 3.8) is 0 Å². The Hall–Kier alpha value is -1.96. The molecule has 0 radical (unpaired) electrons. The first-order valence-corrected chi connectivity index (χ1v) is 5.85. The molecule has 0 amide bonds. The Morgan fingerprint density at radius 2 is 1.76 bits per heavy atom. The summed E-state index contributed by atoms with van der Waals surface area (Å²) in [5.74, 6) is 0.899. The van der Waals surface area contributed by atoms with Gasteiger partial charge in [-0.25, -0.2) is 0 Å². The average Bonchev–Trinajstić information content (AvgIpc) is 2.35. The Balaban J connectivity index is 2.31. The van der Waals surface area contributed by atoms with Crippen molar-refractivity contribution >= 4 is 11.4 Å². The van der Waals surface area contributed by atoms with Crippen molar-refractivity contribution in [2.45, 2.75) is 13.8 Å². The van der Waals surface area contributed by atoms with Crippen LogP contribution >= 0.6 is 0 Å². The highest BCUT2D eigenvalue weighted by Crippen LogP contribution is 2.30. The van der Waals surface area contributed by atoms with E-state index < -0.39 is 0 Å². The number of anilines is 2. The molecule has 17 heavy (non-hydrogen) atoms. The number of ether oxygens (including phenoxy) is 1. The fraction of sp³-hybridized carbons (Fsp3) is 0.200. The second kappa shape index (κ2) is 5.39. The molecule has 2 heteroatoms. The van der Waals surface area contributed by atoms with E-state index in [0.717, 1.165) is 17.1 Å². The van der Waals surface area contributed by atoms with Gasteiger partial charge in [0.1, 0.15) is 5.75 Å². The smallest absolute Gasteiger partial charge is 0.142 e. The Bertz CT molecular complexity index is 480. The van der Waals surface area contributed by atoms with Gasteiger partial charge in [0.2, 0.25) is 0 Å². The van der Waals surface area contributed by atoms with Gasteiger partial charge in [-0.05, 0) is 37.6 Å². The first-order chi connectivity index (χ1) is 8.31. The SMILES string of the molecule is CCOc1cccc(C)c1Nc1ccccc1. The van der Waals surface area contributed by atoms with E-state index in [0.29, 0.717) is 6.61 Å². The first-order valence-electron chi connectivity index (χ1n) is 5.85. The molecule has 1 N–H and O–H groups in total. The Kier molecular flexibility index (Phi) is 3.66. The highest BCUT2D eigenvalue weighted by atomic mass is 16.5. The van der Waals surface area contributed by atoms with Crippen molar-refractivity contribution in [1.82, 2.24) is 0 Å². The third-order valence-electron chi connectivity index (χ3n) is 2.58. The second-order valence-electron chi connectivity index (χ2n) is 3.87. The molecule has 0 saturated carbocycles. The maximum absolute atomic E-state index is 5.63. The van der Waals surface area contributed by atoms with Gasteiger partial charge >= 0.3 is 0 Å². The summed E-state index contributed by atoms with van der Waals surface area (Å²) in [7, 11) is 0. The summed E-state index contributed by atoms with van der Waals surface area (Å²) in [4.78, 5) is 0. The van der Waals surface area contributed by atoms with Crippen molar-refractivity contribution in [1.29, 1.82) is 0 Å². The van der Waals surface area contributed by atoms with Gasteiger partial charge in [-0.3, -0.25) is 0 Å². The molecule has 2 aromatic carbocycles. The minimum Gasteiger partial charge on any atom is -0.492 e. The minimum absolute atomic E-state index is 0.674. The standard InChI is InChI=1S/C15H17NO/c1-3-17-14-11-7-8-12(2)15(14)16-13-9-5-4-6-10-13/h4-11,16H,3H2,1-2H3. The number of nitrogens with one attached hydrogen (secondary N) is 1. The molecule has 0 heterocycles. The van der Waals surface area contributed by atoms with Crippen LogP contribution in [-0.4, -0.2) is 6.61 Å². The summed E-state index contributed by atoms with van der Waals surface area (Å²) < 4.78 is 5.63. The maximum atomic E-state index is 5.63.